The molecule has 114 valence electrons. The van der Waals surface area contributed by atoms with E-state index in [1.165, 1.54) is 10.6 Å². The van der Waals surface area contributed by atoms with Gasteiger partial charge in [0.1, 0.15) is 0 Å². The number of hydrogen-bond acceptors (Lipinski definition) is 7. The largest absolute Gasteiger partial charge is 0.338 e. The molecule has 9 heteroatoms. The van der Waals surface area contributed by atoms with E-state index < -0.39 is 10.0 Å². The number of rotatable bonds is 4. The van der Waals surface area contributed by atoms with Gasteiger partial charge in [0.2, 0.25) is 21.7 Å². The average molecular weight is 328 g/mol. The van der Waals surface area contributed by atoms with Crippen LogP contribution in [0.25, 0.3) is 10.7 Å². The lowest BCUT2D eigenvalue weighted by Gasteiger charge is -2.32. The van der Waals surface area contributed by atoms with Crippen LogP contribution in [0.3, 0.4) is 0 Å². The van der Waals surface area contributed by atoms with E-state index in [9.17, 15) is 8.42 Å². The minimum Gasteiger partial charge on any atom is -0.338 e. The Hall–Kier alpha value is -1.29. The highest BCUT2D eigenvalue weighted by atomic mass is 32.2. The fraction of sp³-hybridized carbons (Fsp3) is 0.500. The molecule has 1 fully saturated rings. The Morgan fingerprint density at radius 3 is 2.71 bits per heavy atom. The number of piperazine rings is 1. The summed E-state index contributed by atoms with van der Waals surface area (Å²) in [5.41, 5.74) is 0. The first kappa shape index (κ1) is 14.6. The van der Waals surface area contributed by atoms with Crippen LogP contribution in [0.5, 0.6) is 0 Å². The van der Waals surface area contributed by atoms with E-state index in [2.05, 4.69) is 15.0 Å². The zero-order chi connectivity index (χ0) is 14.9. The number of aromatic nitrogens is 2. The van der Waals surface area contributed by atoms with Crippen LogP contribution in [0.4, 0.5) is 0 Å². The Morgan fingerprint density at radius 1 is 1.33 bits per heavy atom. The molecular formula is C12H16N4O3S2. The van der Waals surface area contributed by atoms with Crippen LogP contribution in [-0.4, -0.2) is 60.2 Å². The SMILES string of the molecule is CS(=O)(=O)N1CCN(Cc2nc(-c3cccs3)no2)CC1. The van der Waals surface area contributed by atoms with Crippen molar-refractivity contribution >= 4 is 21.4 Å². The summed E-state index contributed by atoms with van der Waals surface area (Å²) in [6, 6.07) is 3.89. The highest BCUT2D eigenvalue weighted by Crippen LogP contribution is 2.21. The summed E-state index contributed by atoms with van der Waals surface area (Å²) in [5.74, 6) is 1.17. The summed E-state index contributed by atoms with van der Waals surface area (Å²) >= 11 is 1.57. The Bertz CT molecular complexity index is 688. The molecule has 0 bridgehead atoms. The van der Waals surface area contributed by atoms with Crippen LogP contribution in [0.15, 0.2) is 22.0 Å². The summed E-state index contributed by atoms with van der Waals surface area (Å²) in [5, 5.41) is 5.94. The van der Waals surface area contributed by atoms with Crippen LogP contribution in [-0.2, 0) is 16.6 Å². The number of hydrogen-bond donors (Lipinski definition) is 0. The summed E-state index contributed by atoms with van der Waals surface area (Å²) in [4.78, 5) is 7.47. The smallest absolute Gasteiger partial charge is 0.241 e. The summed E-state index contributed by atoms with van der Waals surface area (Å²) in [6.07, 6.45) is 1.24. The fourth-order valence-corrected chi connectivity index (χ4v) is 3.71. The van der Waals surface area contributed by atoms with E-state index in [4.69, 9.17) is 4.52 Å². The van der Waals surface area contributed by atoms with E-state index in [-0.39, 0.29) is 0 Å². The zero-order valence-corrected chi connectivity index (χ0v) is 13.2. The Balaban J connectivity index is 1.59. The van der Waals surface area contributed by atoms with Gasteiger partial charge in [-0.1, -0.05) is 11.2 Å². The van der Waals surface area contributed by atoms with Gasteiger partial charge >= 0.3 is 0 Å². The Labute approximate surface area is 127 Å². The van der Waals surface area contributed by atoms with E-state index in [1.807, 2.05) is 17.5 Å². The highest BCUT2D eigenvalue weighted by molar-refractivity contribution is 7.88. The fourth-order valence-electron chi connectivity index (χ4n) is 2.24. The molecule has 0 radical (unpaired) electrons. The molecule has 2 aromatic heterocycles. The first-order valence-electron chi connectivity index (χ1n) is 6.56. The molecule has 1 aliphatic rings. The lowest BCUT2D eigenvalue weighted by molar-refractivity contribution is 0.164. The Morgan fingerprint density at radius 2 is 2.10 bits per heavy atom. The van der Waals surface area contributed by atoms with Gasteiger partial charge in [-0.25, -0.2) is 8.42 Å². The monoisotopic (exact) mass is 328 g/mol. The van der Waals surface area contributed by atoms with Gasteiger partial charge in [0.05, 0.1) is 17.7 Å². The van der Waals surface area contributed by atoms with Gasteiger partial charge in [0, 0.05) is 26.2 Å². The third-order valence-electron chi connectivity index (χ3n) is 3.37. The molecule has 0 aliphatic carbocycles. The number of thiophene rings is 1. The van der Waals surface area contributed by atoms with Crippen LogP contribution >= 0.6 is 11.3 Å². The second kappa shape index (κ2) is 5.84. The molecule has 3 heterocycles. The topological polar surface area (TPSA) is 79.5 Å². The van der Waals surface area contributed by atoms with Crippen molar-refractivity contribution in [3.63, 3.8) is 0 Å². The molecule has 0 spiro atoms. The molecule has 0 amide bonds. The molecule has 2 aromatic rings. The van der Waals surface area contributed by atoms with E-state index in [0.717, 1.165) is 4.88 Å². The molecule has 3 rings (SSSR count). The molecule has 1 aliphatic heterocycles. The van der Waals surface area contributed by atoms with Gasteiger partial charge in [-0.15, -0.1) is 11.3 Å². The third kappa shape index (κ3) is 3.49. The third-order valence-corrected chi connectivity index (χ3v) is 5.54. The number of nitrogens with zero attached hydrogens (tertiary/aromatic N) is 4. The van der Waals surface area contributed by atoms with Gasteiger partial charge in [-0.3, -0.25) is 4.90 Å². The molecule has 0 aromatic carbocycles. The predicted molar refractivity (Wildman–Crippen MR) is 79.3 cm³/mol. The number of sulfonamides is 1. The van der Waals surface area contributed by atoms with Crippen molar-refractivity contribution in [1.82, 2.24) is 19.3 Å². The van der Waals surface area contributed by atoms with Crippen molar-refractivity contribution in [3.8, 4) is 10.7 Å². The average Bonchev–Trinajstić information content (AvgIpc) is 3.08. The molecule has 0 unspecified atom stereocenters. The molecule has 0 N–H and O–H groups in total. The first-order chi connectivity index (χ1) is 10.0. The van der Waals surface area contributed by atoms with Gasteiger partial charge < -0.3 is 4.52 Å². The minimum atomic E-state index is -3.09. The van der Waals surface area contributed by atoms with Crippen LogP contribution in [0.2, 0.25) is 0 Å². The maximum absolute atomic E-state index is 11.5. The molecule has 21 heavy (non-hydrogen) atoms. The molecular weight excluding hydrogens is 312 g/mol. The van der Waals surface area contributed by atoms with E-state index >= 15 is 0 Å². The van der Waals surface area contributed by atoms with Crippen LogP contribution < -0.4 is 0 Å². The molecule has 0 saturated carbocycles. The van der Waals surface area contributed by atoms with Crippen molar-refractivity contribution < 1.29 is 12.9 Å². The maximum Gasteiger partial charge on any atom is 0.241 e. The standard InChI is InChI=1S/C12H16N4O3S2/c1-21(17,18)16-6-4-15(5-7-16)9-11-13-12(14-19-11)10-3-2-8-20-10/h2-3,8H,4-7,9H2,1H3. The van der Waals surface area contributed by atoms with Gasteiger partial charge in [-0.05, 0) is 11.4 Å². The second-order valence-corrected chi connectivity index (χ2v) is 7.86. The summed E-state index contributed by atoms with van der Waals surface area (Å²) < 4.78 is 29.7. The minimum absolute atomic E-state index is 0.505. The van der Waals surface area contributed by atoms with E-state index in [1.54, 1.807) is 11.3 Å². The quantitative estimate of drug-likeness (QED) is 0.829. The lowest BCUT2D eigenvalue weighted by atomic mass is 10.3. The lowest BCUT2D eigenvalue weighted by Crippen LogP contribution is -2.47. The van der Waals surface area contributed by atoms with Gasteiger partial charge in [0.25, 0.3) is 0 Å². The van der Waals surface area contributed by atoms with Crippen molar-refractivity contribution in [1.29, 1.82) is 0 Å². The molecule has 1 saturated heterocycles. The first-order valence-corrected chi connectivity index (χ1v) is 9.29. The second-order valence-electron chi connectivity index (χ2n) is 4.93. The van der Waals surface area contributed by atoms with E-state index in [0.29, 0.717) is 44.4 Å². The maximum atomic E-state index is 11.5. The summed E-state index contributed by atoms with van der Waals surface area (Å²) in [6.45, 7) is 2.90. The summed E-state index contributed by atoms with van der Waals surface area (Å²) in [7, 11) is -3.09. The van der Waals surface area contributed by atoms with Crippen molar-refractivity contribution in [3.05, 3.63) is 23.4 Å². The van der Waals surface area contributed by atoms with Crippen LogP contribution in [0, 0.1) is 0 Å². The zero-order valence-electron chi connectivity index (χ0n) is 11.6. The van der Waals surface area contributed by atoms with Gasteiger partial charge in [0.15, 0.2) is 0 Å². The van der Waals surface area contributed by atoms with Crippen LogP contribution in [0.1, 0.15) is 5.89 Å². The van der Waals surface area contributed by atoms with Crippen molar-refractivity contribution in [2.45, 2.75) is 6.54 Å². The molecule has 7 nitrogen and oxygen atoms in total. The highest BCUT2D eigenvalue weighted by Gasteiger charge is 2.24. The predicted octanol–water partition coefficient (Wildman–Crippen LogP) is 0.875. The van der Waals surface area contributed by atoms with Gasteiger partial charge in [-0.2, -0.15) is 9.29 Å². The Kier molecular flexibility index (Phi) is 4.07. The normalized spacial score (nSPS) is 18.1. The van der Waals surface area contributed by atoms with Crippen molar-refractivity contribution in [2.24, 2.45) is 0 Å². The van der Waals surface area contributed by atoms with Crippen molar-refractivity contribution in [2.75, 3.05) is 32.4 Å². The molecule has 0 atom stereocenters.